The van der Waals surface area contributed by atoms with Gasteiger partial charge in [-0.05, 0) is 66.8 Å². The molecule has 33 heavy (non-hydrogen) atoms. The molecule has 4 rings (SSSR count). The zero-order valence-corrected chi connectivity index (χ0v) is 18.5. The molecule has 0 atom stereocenters. The van der Waals surface area contributed by atoms with Gasteiger partial charge in [-0.3, -0.25) is 19.7 Å². The van der Waals surface area contributed by atoms with E-state index >= 15 is 0 Å². The number of unbranched alkanes of at least 4 members (excludes halogenated alkanes) is 3. The van der Waals surface area contributed by atoms with Gasteiger partial charge in [-0.25, -0.2) is 4.98 Å². The third kappa shape index (κ3) is 5.93. The van der Waals surface area contributed by atoms with Crippen molar-refractivity contribution in [1.82, 2.24) is 14.5 Å². The number of nitrogens with zero attached hydrogens (tertiary/aromatic N) is 3. The van der Waals surface area contributed by atoms with E-state index in [9.17, 15) is 4.79 Å². The Kier molecular flexibility index (Phi) is 7.61. The molecule has 0 bridgehead atoms. The van der Waals surface area contributed by atoms with Gasteiger partial charge >= 0.3 is 0 Å². The van der Waals surface area contributed by atoms with Crippen LogP contribution in [-0.2, 0) is 6.42 Å². The molecule has 0 fully saturated rings. The molecule has 0 saturated heterocycles. The summed E-state index contributed by atoms with van der Waals surface area (Å²) in [5, 5.41) is 12.0. The highest BCUT2D eigenvalue weighted by atomic mass is 16.2. The molecule has 6 nitrogen and oxygen atoms in total. The van der Waals surface area contributed by atoms with Gasteiger partial charge in [0.1, 0.15) is 0 Å². The van der Waals surface area contributed by atoms with Crippen LogP contribution in [-0.4, -0.2) is 32.2 Å². The normalized spacial score (nSPS) is 10.8. The van der Waals surface area contributed by atoms with Gasteiger partial charge in [0.2, 0.25) is 5.95 Å². The highest BCUT2D eigenvalue weighted by molar-refractivity contribution is 6.04. The molecule has 0 saturated carbocycles. The van der Waals surface area contributed by atoms with Gasteiger partial charge in [0.15, 0.2) is 0 Å². The second-order valence-electron chi connectivity index (χ2n) is 7.92. The highest BCUT2D eigenvalue weighted by Crippen LogP contribution is 2.22. The summed E-state index contributed by atoms with van der Waals surface area (Å²) in [7, 11) is 0. The zero-order chi connectivity index (χ0) is 22.9. The van der Waals surface area contributed by atoms with Crippen molar-refractivity contribution in [3.8, 4) is 16.8 Å². The first kappa shape index (κ1) is 22.4. The number of para-hydroxylation sites is 1. The molecule has 2 heterocycles. The van der Waals surface area contributed by atoms with Gasteiger partial charge in [-0.15, -0.1) is 0 Å². The molecule has 0 radical (unpaired) electrons. The van der Waals surface area contributed by atoms with Crippen molar-refractivity contribution in [2.45, 2.75) is 32.1 Å². The Morgan fingerprint density at radius 3 is 2.45 bits per heavy atom. The molecule has 0 spiro atoms. The largest absolute Gasteiger partial charge is 0.396 e. The Balaban J connectivity index is 1.54. The second kappa shape index (κ2) is 11.2. The van der Waals surface area contributed by atoms with Gasteiger partial charge in [0, 0.05) is 36.4 Å². The minimum absolute atomic E-state index is 0.205. The van der Waals surface area contributed by atoms with Crippen molar-refractivity contribution in [2.75, 3.05) is 11.9 Å². The Bertz CT molecular complexity index is 1170. The summed E-state index contributed by atoms with van der Waals surface area (Å²) in [4.78, 5) is 21.9. The first-order valence-corrected chi connectivity index (χ1v) is 11.3. The average molecular weight is 441 g/mol. The third-order valence-corrected chi connectivity index (χ3v) is 5.49. The quantitative estimate of drug-likeness (QED) is 0.329. The summed E-state index contributed by atoms with van der Waals surface area (Å²) >= 11 is 0. The lowest BCUT2D eigenvalue weighted by Crippen LogP contribution is -2.15. The number of imidazole rings is 1. The van der Waals surface area contributed by atoms with E-state index in [1.54, 1.807) is 18.5 Å². The minimum Gasteiger partial charge on any atom is -0.396 e. The van der Waals surface area contributed by atoms with E-state index < -0.39 is 0 Å². The van der Waals surface area contributed by atoms with Crippen LogP contribution in [0.4, 0.5) is 5.95 Å². The fourth-order valence-corrected chi connectivity index (χ4v) is 3.75. The number of hydrogen-bond donors (Lipinski definition) is 2. The Morgan fingerprint density at radius 1 is 0.879 bits per heavy atom. The number of aliphatic hydroxyl groups excluding tert-OH is 1. The number of pyridine rings is 1. The van der Waals surface area contributed by atoms with Crippen LogP contribution >= 0.6 is 0 Å². The SMILES string of the molecule is O=C(Nc1nc(CCCCCCO)cn1-c1ccccc1)c1cccc(-c2ccncc2)c1. The molecular formula is C27H28N4O2. The number of aliphatic hydroxyl groups is 1. The highest BCUT2D eigenvalue weighted by Gasteiger charge is 2.14. The van der Waals surface area contributed by atoms with Crippen molar-refractivity contribution in [3.63, 3.8) is 0 Å². The van der Waals surface area contributed by atoms with E-state index in [0.29, 0.717) is 11.5 Å². The Hall–Kier alpha value is -3.77. The van der Waals surface area contributed by atoms with E-state index in [1.165, 1.54) is 0 Å². The van der Waals surface area contributed by atoms with Gasteiger partial charge in [-0.1, -0.05) is 43.2 Å². The smallest absolute Gasteiger partial charge is 0.258 e. The molecule has 0 aliphatic heterocycles. The maximum absolute atomic E-state index is 13.1. The molecule has 2 N–H and O–H groups in total. The molecule has 1 amide bonds. The minimum atomic E-state index is -0.205. The summed E-state index contributed by atoms with van der Waals surface area (Å²) in [6, 6.07) is 21.3. The predicted molar refractivity (Wildman–Crippen MR) is 130 cm³/mol. The van der Waals surface area contributed by atoms with E-state index in [1.807, 2.05) is 71.4 Å². The maximum atomic E-state index is 13.1. The number of anilines is 1. The molecular weight excluding hydrogens is 412 g/mol. The Labute approximate surface area is 194 Å². The van der Waals surface area contributed by atoms with E-state index in [4.69, 9.17) is 10.1 Å². The van der Waals surface area contributed by atoms with Crippen LogP contribution in [0.25, 0.3) is 16.8 Å². The summed E-state index contributed by atoms with van der Waals surface area (Å²) < 4.78 is 1.92. The van der Waals surface area contributed by atoms with Crippen LogP contribution in [0.3, 0.4) is 0 Å². The first-order valence-electron chi connectivity index (χ1n) is 11.3. The number of benzene rings is 2. The van der Waals surface area contributed by atoms with Crippen molar-refractivity contribution < 1.29 is 9.90 Å². The molecule has 0 aliphatic rings. The monoisotopic (exact) mass is 440 g/mol. The number of nitrogens with one attached hydrogen (secondary N) is 1. The van der Waals surface area contributed by atoms with Gasteiger partial charge < -0.3 is 5.11 Å². The summed E-state index contributed by atoms with van der Waals surface area (Å²) in [6.45, 7) is 0.237. The fraction of sp³-hybridized carbons (Fsp3) is 0.222. The lowest BCUT2D eigenvalue weighted by Gasteiger charge is -2.10. The molecule has 4 aromatic rings. The number of aromatic nitrogens is 3. The number of rotatable bonds is 10. The molecule has 6 heteroatoms. The number of aryl methyl sites for hydroxylation is 1. The third-order valence-electron chi connectivity index (χ3n) is 5.49. The summed E-state index contributed by atoms with van der Waals surface area (Å²) in [5.74, 6) is 0.300. The van der Waals surface area contributed by atoms with Crippen LogP contribution < -0.4 is 5.32 Å². The van der Waals surface area contributed by atoms with Crippen molar-refractivity contribution in [1.29, 1.82) is 0 Å². The van der Waals surface area contributed by atoms with E-state index in [2.05, 4.69) is 10.3 Å². The van der Waals surface area contributed by atoms with Crippen LogP contribution in [0.15, 0.2) is 85.3 Å². The number of hydrogen-bond acceptors (Lipinski definition) is 4. The van der Waals surface area contributed by atoms with Gasteiger partial charge in [0.05, 0.1) is 5.69 Å². The van der Waals surface area contributed by atoms with Crippen molar-refractivity contribution >= 4 is 11.9 Å². The van der Waals surface area contributed by atoms with Gasteiger partial charge in [0.25, 0.3) is 5.91 Å². The molecule has 2 aromatic carbocycles. The van der Waals surface area contributed by atoms with Crippen LogP contribution in [0.5, 0.6) is 0 Å². The number of carbonyl (C=O) groups is 1. The lowest BCUT2D eigenvalue weighted by molar-refractivity contribution is 0.102. The number of carbonyl (C=O) groups excluding carboxylic acids is 1. The topological polar surface area (TPSA) is 80.0 Å². The fourth-order valence-electron chi connectivity index (χ4n) is 3.75. The average Bonchev–Trinajstić information content (AvgIpc) is 3.27. The van der Waals surface area contributed by atoms with Crippen LogP contribution in [0.2, 0.25) is 0 Å². The molecule has 0 unspecified atom stereocenters. The summed E-state index contributed by atoms with van der Waals surface area (Å²) in [6.07, 6.45) is 10.2. The standard InChI is InChI=1S/C27H28N4O2/c32-18-7-2-1-4-11-24-20-31(25-12-5-3-6-13-25)27(29-24)30-26(33)23-10-8-9-22(19-23)21-14-16-28-17-15-21/h3,5-6,8-10,12-17,19-20,32H,1-2,4,7,11,18H2,(H,29,30,33). The van der Waals surface area contributed by atoms with E-state index in [0.717, 1.165) is 54.6 Å². The molecule has 0 aliphatic carbocycles. The first-order chi connectivity index (χ1) is 16.2. The van der Waals surface area contributed by atoms with Crippen LogP contribution in [0.1, 0.15) is 41.7 Å². The zero-order valence-electron chi connectivity index (χ0n) is 18.5. The maximum Gasteiger partial charge on any atom is 0.258 e. The van der Waals surface area contributed by atoms with Crippen LogP contribution in [0, 0.1) is 0 Å². The van der Waals surface area contributed by atoms with Crippen molar-refractivity contribution in [3.05, 3.63) is 96.6 Å². The van der Waals surface area contributed by atoms with Crippen molar-refractivity contribution in [2.24, 2.45) is 0 Å². The molecule has 168 valence electrons. The lowest BCUT2D eigenvalue weighted by atomic mass is 10.0. The second-order valence-corrected chi connectivity index (χ2v) is 7.92. The van der Waals surface area contributed by atoms with E-state index in [-0.39, 0.29) is 12.5 Å². The molecule has 2 aromatic heterocycles. The summed E-state index contributed by atoms with van der Waals surface area (Å²) in [5.41, 5.74) is 4.41. The Morgan fingerprint density at radius 2 is 1.67 bits per heavy atom. The predicted octanol–water partition coefficient (Wildman–Crippen LogP) is 5.28. The number of amides is 1. The van der Waals surface area contributed by atoms with Gasteiger partial charge in [-0.2, -0.15) is 0 Å².